The molecule has 0 saturated carbocycles. The average molecular weight is 274 g/mol. The van der Waals surface area contributed by atoms with E-state index in [-0.39, 0.29) is 18.1 Å². The highest BCUT2D eigenvalue weighted by atomic mass is 16.3. The summed E-state index contributed by atoms with van der Waals surface area (Å²) in [5.74, 6) is -0.0837. The van der Waals surface area contributed by atoms with Crippen LogP contribution < -0.4 is 5.32 Å². The van der Waals surface area contributed by atoms with E-state index < -0.39 is 0 Å². The first-order valence-electron chi connectivity index (χ1n) is 6.98. The summed E-state index contributed by atoms with van der Waals surface area (Å²) in [6.45, 7) is 4.05. The number of aromatic nitrogens is 1. The molecule has 20 heavy (non-hydrogen) atoms. The highest BCUT2D eigenvalue weighted by molar-refractivity contribution is 6.06. The summed E-state index contributed by atoms with van der Waals surface area (Å²) in [5, 5.41) is 13.1. The minimum Gasteiger partial charge on any atom is -0.396 e. The van der Waals surface area contributed by atoms with Crippen molar-refractivity contribution in [3.63, 3.8) is 0 Å². The molecule has 0 aliphatic carbocycles. The minimum atomic E-state index is -0.372. The molecule has 1 aromatic carbocycles. The average Bonchev–Trinajstić information content (AvgIpc) is 2.81. The number of aryl methyl sites for hydroxylation is 1. The zero-order valence-electron chi connectivity index (χ0n) is 12.3. The van der Waals surface area contributed by atoms with Crippen molar-refractivity contribution in [1.29, 1.82) is 0 Å². The van der Waals surface area contributed by atoms with E-state index in [1.54, 1.807) is 0 Å². The number of hydrogen-bond donors (Lipinski definition) is 2. The van der Waals surface area contributed by atoms with E-state index in [9.17, 15) is 4.79 Å². The van der Waals surface area contributed by atoms with Crippen LogP contribution in [0.1, 0.15) is 37.0 Å². The number of fused-ring (bicyclic) bond motifs is 1. The van der Waals surface area contributed by atoms with E-state index in [0.717, 1.165) is 17.3 Å². The Balaban J connectivity index is 2.32. The van der Waals surface area contributed by atoms with Crippen molar-refractivity contribution in [2.24, 2.45) is 7.05 Å². The molecule has 4 heteroatoms. The monoisotopic (exact) mass is 274 g/mol. The van der Waals surface area contributed by atoms with Gasteiger partial charge in [-0.05, 0) is 38.0 Å². The maximum absolute atomic E-state index is 12.5. The Morgan fingerprint density at radius 3 is 2.80 bits per heavy atom. The topological polar surface area (TPSA) is 54.3 Å². The van der Waals surface area contributed by atoms with Gasteiger partial charge in [-0.25, -0.2) is 0 Å². The number of carbonyl (C=O) groups is 1. The van der Waals surface area contributed by atoms with Crippen LogP contribution >= 0.6 is 0 Å². The lowest BCUT2D eigenvalue weighted by atomic mass is 9.94. The molecule has 1 unspecified atom stereocenters. The lowest BCUT2D eigenvalue weighted by Gasteiger charge is -2.29. The van der Waals surface area contributed by atoms with Gasteiger partial charge in [-0.3, -0.25) is 4.79 Å². The first-order chi connectivity index (χ1) is 9.50. The maximum Gasteiger partial charge on any atom is 0.252 e. The van der Waals surface area contributed by atoms with Crippen molar-refractivity contribution in [2.75, 3.05) is 6.61 Å². The van der Waals surface area contributed by atoms with E-state index in [4.69, 9.17) is 5.11 Å². The molecule has 1 heterocycles. The molecule has 2 aromatic rings. The van der Waals surface area contributed by atoms with Crippen molar-refractivity contribution in [2.45, 2.75) is 32.2 Å². The van der Waals surface area contributed by atoms with Gasteiger partial charge >= 0.3 is 0 Å². The third kappa shape index (κ3) is 2.70. The fraction of sp³-hybridized carbons (Fsp3) is 0.438. The van der Waals surface area contributed by atoms with Gasteiger partial charge in [-0.1, -0.05) is 13.0 Å². The first kappa shape index (κ1) is 14.6. The molecule has 0 fully saturated rings. The fourth-order valence-corrected chi connectivity index (χ4v) is 2.42. The summed E-state index contributed by atoms with van der Waals surface area (Å²) in [5.41, 5.74) is 1.35. The lowest BCUT2D eigenvalue weighted by molar-refractivity contribution is 0.0888. The van der Waals surface area contributed by atoms with E-state index in [1.165, 1.54) is 0 Å². The molecule has 2 N–H and O–H groups in total. The van der Waals surface area contributed by atoms with E-state index in [1.807, 2.05) is 55.9 Å². The van der Waals surface area contributed by atoms with Crippen molar-refractivity contribution in [3.8, 4) is 0 Å². The summed E-state index contributed by atoms with van der Waals surface area (Å²) < 4.78 is 2.00. The second kappa shape index (κ2) is 5.67. The largest absolute Gasteiger partial charge is 0.396 e. The van der Waals surface area contributed by atoms with Crippen molar-refractivity contribution < 1.29 is 9.90 Å². The Morgan fingerprint density at radius 1 is 1.40 bits per heavy atom. The molecule has 0 spiro atoms. The van der Waals surface area contributed by atoms with Gasteiger partial charge in [-0.2, -0.15) is 0 Å². The number of rotatable bonds is 5. The van der Waals surface area contributed by atoms with Gasteiger partial charge in [0.25, 0.3) is 5.91 Å². The lowest BCUT2D eigenvalue weighted by Crippen LogP contribution is -2.46. The highest BCUT2D eigenvalue weighted by Crippen LogP contribution is 2.21. The van der Waals surface area contributed by atoms with Crippen LogP contribution in [0.5, 0.6) is 0 Å². The first-order valence-corrected chi connectivity index (χ1v) is 6.98. The van der Waals surface area contributed by atoms with Gasteiger partial charge in [-0.15, -0.1) is 0 Å². The number of amides is 1. The van der Waals surface area contributed by atoms with E-state index >= 15 is 0 Å². The SMILES string of the molecule is CCC(C)(CCO)NC(=O)c1cccc2c1ccn2C. The van der Waals surface area contributed by atoms with Crippen molar-refractivity contribution in [3.05, 3.63) is 36.0 Å². The van der Waals surface area contributed by atoms with Crippen LogP contribution in [0.2, 0.25) is 0 Å². The molecule has 4 nitrogen and oxygen atoms in total. The molecular formula is C16H22N2O2. The number of aliphatic hydroxyl groups is 1. The van der Waals surface area contributed by atoms with Gasteiger partial charge in [0.1, 0.15) is 0 Å². The molecule has 0 radical (unpaired) electrons. The molecule has 108 valence electrons. The summed E-state index contributed by atoms with van der Waals surface area (Å²) in [7, 11) is 1.96. The second-order valence-electron chi connectivity index (χ2n) is 5.51. The van der Waals surface area contributed by atoms with Crippen LogP contribution in [-0.2, 0) is 7.05 Å². The van der Waals surface area contributed by atoms with Gasteiger partial charge in [0, 0.05) is 41.9 Å². The van der Waals surface area contributed by atoms with Crippen LogP contribution in [0.15, 0.2) is 30.5 Å². The molecule has 0 saturated heterocycles. The molecule has 2 rings (SSSR count). The molecule has 1 amide bonds. The second-order valence-corrected chi connectivity index (χ2v) is 5.51. The zero-order chi connectivity index (χ0) is 14.8. The molecule has 1 aromatic heterocycles. The Morgan fingerprint density at radius 2 is 2.15 bits per heavy atom. The normalized spacial score (nSPS) is 14.2. The number of nitrogens with one attached hydrogen (secondary N) is 1. The van der Waals surface area contributed by atoms with Gasteiger partial charge in [0.05, 0.1) is 0 Å². The predicted octanol–water partition coefficient (Wildman–Crippen LogP) is 2.46. The third-order valence-corrected chi connectivity index (χ3v) is 4.03. The number of aliphatic hydroxyl groups excluding tert-OH is 1. The van der Waals surface area contributed by atoms with Crippen LogP contribution in [0, 0.1) is 0 Å². The molecule has 0 bridgehead atoms. The third-order valence-electron chi connectivity index (χ3n) is 4.03. The summed E-state index contributed by atoms with van der Waals surface area (Å²) >= 11 is 0. The molecule has 1 atom stereocenters. The molecule has 0 aliphatic heterocycles. The minimum absolute atomic E-state index is 0.0696. The Hall–Kier alpha value is -1.81. The predicted molar refractivity (Wildman–Crippen MR) is 80.8 cm³/mol. The standard InChI is InChI=1S/C16H22N2O2/c1-4-16(2,9-11-19)17-15(20)13-6-5-7-14-12(13)8-10-18(14)3/h5-8,10,19H,4,9,11H2,1-3H3,(H,17,20). The number of hydrogen-bond acceptors (Lipinski definition) is 2. The number of benzene rings is 1. The Bertz CT molecular complexity index is 618. The Labute approximate surface area is 119 Å². The fourth-order valence-electron chi connectivity index (χ4n) is 2.42. The van der Waals surface area contributed by atoms with Crippen LogP contribution in [0.25, 0.3) is 10.9 Å². The van der Waals surface area contributed by atoms with Crippen LogP contribution in [0.3, 0.4) is 0 Å². The van der Waals surface area contributed by atoms with Crippen molar-refractivity contribution in [1.82, 2.24) is 9.88 Å². The van der Waals surface area contributed by atoms with E-state index in [2.05, 4.69) is 5.32 Å². The molecular weight excluding hydrogens is 252 g/mol. The van der Waals surface area contributed by atoms with Gasteiger partial charge in [0.2, 0.25) is 0 Å². The van der Waals surface area contributed by atoms with Crippen LogP contribution in [-0.4, -0.2) is 27.7 Å². The number of nitrogens with zero attached hydrogens (tertiary/aromatic N) is 1. The molecule has 0 aliphatic rings. The summed E-state index contributed by atoms with van der Waals surface area (Å²) in [6, 6.07) is 7.69. The quantitative estimate of drug-likeness (QED) is 0.880. The smallest absolute Gasteiger partial charge is 0.252 e. The van der Waals surface area contributed by atoms with E-state index in [0.29, 0.717) is 12.0 Å². The summed E-state index contributed by atoms with van der Waals surface area (Å²) in [6.07, 6.45) is 3.29. The van der Waals surface area contributed by atoms with Crippen molar-refractivity contribution >= 4 is 16.8 Å². The number of carbonyl (C=O) groups excluding carboxylic acids is 1. The summed E-state index contributed by atoms with van der Waals surface area (Å²) in [4.78, 5) is 12.5. The highest BCUT2D eigenvalue weighted by Gasteiger charge is 2.25. The maximum atomic E-state index is 12.5. The zero-order valence-corrected chi connectivity index (χ0v) is 12.3. The van der Waals surface area contributed by atoms with Crippen LogP contribution in [0.4, 0.5) is 0 Å². The van der Waals surface area contributed by atoms with Gasteiger partial charge < -0.3 is 15.0 Å². The Kier molecular flexibility index (Phi) is 4.14. The van der Waals surface area contributed by atoms with Gasteiger partial charge in [0.15, 0.2) is 0 Å².